The number of rotatable bonds is 4. The third-order valence-electron chi connectivity index (χ3n) is 3.07. The summed E-state index contributed by atoms with van der Waals surface area (Å²) in [6, 6.07) is 17.2. The zero-order valence-corrected chi connectivity index (χ0v) is 12.5. The van der Waals surface area contributed by atoms with Gasteiger partial charge in [0.1, 0.15) is 5.75 Å². The number of hydrogen-bond acceptors (Lipinski definition) is 3. The largest absolute Gasteiger partial charge is 0.483 e. The van der Waals surface area contributed by atoms with E-state index in [9.17, 15) is 4.79 Å². The van der Waals surface area contributed by atoms with Crippen LogP contribution in [0.4, 0.5) is 5.69 Å². The molecule has 1 amide bonds. The highest BCUT2D eigenvalue weighted by atomic mass is 35.5. The fraction of sp³-hybridized carbons (Fsp3) is 0.0588. The summed E-state index contributed by atoms with van der Waals surface area (Å²) in [6.45, 7) is -0.0314. The van der Waals surface area contributed by atoms with Crippen LogP contribution in [0.25, 0.3) is 10.8 Å². The van der Waals surface area contributed by atoms with E-state index in [2.05, 4.69) is 10.3 Å². The maximum absolute atomic E-state index is 11.9. The van der Waals surface area contributed by atoms with E-state index in [0.717, 1.165) is 10.8 Å². The number of nitrogens with zero attached hydrogens (tertiary/aromatic N) is 1. The van der Waals surface area contributed by atoms with Crippen LogP contribution in [0.1, 0.15) is 0 Å². The molecule has 4 nitrogen and oxygen atoms in total. The monoisotopic (exact) mass is 314 g/mol. The molecule has 0 aliphatic carbocycles. The van der Waals surface area contributed by atoms with Crippen LogP contribution in [0.3, 0.4) is 0 Å². The van der Waals surface area contributed by atoms with Gasteiger partial charge in [-0.1, -0.05) is 36.4 Å². The van der Waals surface area contributed by atoms with Gasteiger partial charge in [0.15, 0.2) is 6.61 Å². The standard InChI is InChI=1S/C17H14N2O2.ClH/c20-17(19-14-8-10-18-11-9-14)12-21-16-7-3-5-13-4-1-2-6-15(13)16;/h1-11H,12H2,(H,18,19,20);1H. The zero-order valence-electron chi connectivity index (χ0n) is 11.7. The fourth-order valence-electron chi connectivity index (χ4n) is 2.10. The van der Waals surface area contributed by atoms with Crippen molar-refractivity contribution in [1.29, 1.82) is 0 Å². The molecular formula is C17H15ClN2O2. The molecule has 1 heterocycles. The molecule has 0 bridgehead atoms. The minimum Gasteiger partial charge on any atom is -0.483 e. The Hall–Kier alpha value is -2.59. The number of amides is 1. The Morgan fingerprint density at radius 2 is 1.73 bits per heavy atom. The molecule has 0 radical (unpaired) electrons. The number of aromatic nitrogens is 1. The Bertz CT molecular complexity index is 757. The van der Waals surface area contributed by atoms with Gasteiger partial charge < -0.3 is 10.1 Å². The number of halogens is 1. The van der Waals surface area contributed by atoms with Crippen LogP contribution in [0, 0.1) is 0 Å². The van der Waals surface area contributed by atoms with Crippen molar-refractivity contribution in [2.45, 2.75) is 0 Å². The van der Waals surface area contributed by atoms with E-state index in [4.69, 9.17) is 4.74 Å². The molecular weight excluding hydrogens is 300 g/mol. The number of hydrogen-bond donors (Lipinski definition) is 1. The first kappa shape index (κ1) is 15.8. The lowest BCUT2D eigenvalue weighted by Crippen LogP contribution is -2.20. The number of fused-ring (bicyclic) bond motifs is 1. The molecule has 3 aromatic rings. The van der Waals surface area contributed by atoms with Crippen molar-refractivity contribution in [2.75, 3.05) is 11.9 Å². The summed E-state index contributed by atoms with van der Waals surface area (Å²) < 4.78 is 5.63. The summed E-state index contributed by atoms with van der Waals surface area (Å²) in [5.41, 5.74) is 0.705. The van der Waals surface area contributed by atoms with Gasteiger partial charge in [-0.3, -0.25) is 9.78 Å². The normalized spacial score (nSPS) is 9.82. The SMILES string of the molecule is Cl.O=C(COc1cccc2ccccc12)Nc1ccncc1. The lowest BCUT2D eigenvalue weighted by atomic mass is 10.1. The van der Waals surface area contributed by atoms with Crippen molar-refractivity contribution in [1.82, 2.24) is 4.98 Å². The van der Waals surface area contributed by atoms with E-state index in [1.54, 1.807) is 24.5 Å². The minimum atomic E-state index is -0.200. The molecule has 3 rings (SSSR count). The number of benzene rings is 2. The van der Waals surface area contributed by atoms with Gasteiger partial charge in [0.25, 0.3) is 5.91 Å². The smallest absolute Gasteiger partial charge is 0.262 e. The highest BCUT2D eigenvalue weighted by Gasteiger charge is 2.06. The number of carbonyl (C=O) groups excluding carboxylic acids is 1. The predicted octanol–water partition coefficient (Wildman–Crippen LogP) is 3.67. The van der Waals surface area contributed by atoms with Crippen LogP contribution in [0.2, 0.25) is 0 Å². The van der Waals surface area contributed by atoms with E-state index in [0.29, 0.717) is 11.4 Å². The third-order valence-corrected chi connectivity index (χ3v) is 3.07. The first-order valence-corrected chi connectivity index (χ1v) is 6.63. The highest BCUT2D eigenvalue weighted by molar-refractivity contribution is 5.92. The Morgan fingerprint density at radius 1 is 1.00 bits per heavy atom. The van der Waals surface area contributed by atoms with Crippen molar-refractivity contribution < 1.29 is 9.53 Å². The molecule has 0 saturated carbocycles. The van der Waals surface area contributed by atoms with Crippen molar-refractivity contribution in [3.05, 3.63) is 67.0 Å². The third kappa shape index (κ3) is 3.74. The predicted molar refractivity (Wildman–Crippen MR) is 89.6 cm³/mol. The summed E-state index contributed by atoms with van der Waals surface area (Å²) in [4.78, 5) is 15.8. The van der Waals surface area contributed by atoms with E-state index in [-0.39, 0.29) is 24.9 Å². The highest BCUT2D eigenvalue weighted by Crippen LogP contribution is 2.24. The molecule has 0 atom stereocenters. The quantitative estimate of drug-likeness (QED) is 0.799. The number of carbonyl (C=O) groups is 1. The van der Waals surface area contributed by atoms with Crippen molar-refractivity contribution in [3.8, 4) is 5.75 Å². The molecule has 5 heteroatoms. The van der Waals surface area contributed by atoms with Crippen molar-refractivity contribution in [3.63, 3.8) is 0 Å². The van der Waals surface area contributed by atoms with Crippen molar-refractivity contribution >= 4 is 34.8 Å². The van der Waals surface area contributed by atoms with E-state index < -0.39 is 0 Å². The number of ether oxygens (including phenoxy) is 1. The van der Waals surface area contributed by atoms with E-state index in [1.165, 1.54) is 0 Å². The van der Waals surface area contributed by atoms with Gasteiger partial charge in [0, 0.05) is 23.5 Å². The second-order valence-electron chi connectivity index (χ2n) is 4.55. The lowest BCUT2D eigenvalue weighted by molar-refractivity contribution is -0.118. The Balaban J connectivity index is 0.00000176. The van der Waals surface area contributed by atoms with Crippen LogP contribution < -0.4 is 10.1 Å². The average Bonchev–Trinajstić information content (AvgIpc) is 2.54. The molecule has 0 saturated heterocycles. The van der Waals surface area contributed by atoms with Crippen LogP contribution in [0.15, 0.2) is 67.0 Å². The van der Waals surface area contributed by atoms with Gasteiger partial charge in [-0.2, -0.15) is 0 Å². The van der Waals surface area contributed by atoms with Crippen molar-refractivity contribution in [2.24, 2.45) is 0 Å². The summed E-state index contributed by atoms with van der Waals surface area (Å²) in [6.07, 6.45) is 3.25. The first-order chi connectivity index (χ1) is 10.3. The summed E-state index contributed by atoms with van der Waals surface area (Å²) >= 11 is 0. The van der Waals surface area contributed by atoms with Crippen LogP contribution in [0.5, 0.6) is 5.75 Å². The molecule has 1 N–H and O–H groups in total. The number of pyridine rings is 1. The molecule has 0 fully saturated rings. The average molecular weight is 315 g/mol. The van der Waals surface area contributed by atoms with Gasteiger partial charge in [-0.05, 0) is 23.6 Å². The Kier molecular flexibility index (Phi) is 5.33. The first-order valence-electron chi connectivity index (χ1n) is 6.63. The Labute approximate surface area is 134 Å². The van der Waals surface area contributed by atoms with E-state index >= 15 is 0 Å². The fourth-order valence-corrected chi connectivity index (χ4v) is 2.10. The second-order valence-corrected chi connectivity index (χ2v) is 4.55. The summed E-state index contributed by atoms with van der Waals surface area (Å²) in [5.74, 6) is 0.507. The second kappa shape index (κ2) is 7.43. The maximum Gasteiger partial charge on any atom is 0.262 e. The molecule has 112 valence electrons. The molecule has 0 unspecified atom stereocenters. The van der Waals surface area contributed by atoms with Gasteiger partial charge in [-0.25, -0.2) is 0 Å². The van der Waals surface area contributed by atoms with Crippen LogP contribution in [-0.2, 0) is 4.79 Å². The molecule has 2 aromatic carbocycles. The molecule has 0 aliphatic heterocycles. The number of anilines is 1. The van der Waals surface area contributed by atoms with Gasteiger partial charge >= 0.3 is 0 Å². The summed E-state index contributed by atoms with van der Waals surface area (Å²) in [5, 5.41) is 4.84. The molecule has 22 heavy (non-hydrogen) atoms. The Morgan fingerprint density at radius 3 is 2.55 bits per heavy atom. The van der Waals surface area contributed by atoms with Crippen LogP contribution >= 0.6 is 12.4 Å². The number of nitrogens with one attached hydrogen (secondary N) is 1. The van der Waals surface area contributed by atoms with Crippen LogP contribution in [-0.4, -0.2) is 17.5 Å². The lowest BCUT2D eigenvalue weighted by Gasteiger charge is -2.09. The zero-order chi connectivity index (χ0) is 14.5. The maximum atomic E-state index is 11.9. The minimum absolute atomic E-state index is 0. The van der Waals surface area contributed by atoms with Gasteiger partial charge in [0.05, 0.1) is 0 Å². The van der Waals surface area contributed by atoms with Gasteiger partial charge in [0.2, 0.25) is 0 Å². The molecule has 0 aliphatic rings. The molecule has 0 spiro atoms. The topological polar surface area (TPSA) is 51.2 Å². The van der Waals surface area contributed by atoms with E-state index in [1.807, 2.05) is 42.5 Å². The summed E-state index contributed by atoms with van der Waals surface area (Å²) in [7, 11) is 0. The molecule has 1 aromatic heterocycles. The van der Waals surface area contributed by atoms with Gasteiger partial charge in [-0.15, -0.1) is 12.4 Å².